The number of hydrogen-bond acceptors (Lipinski definition) is 0. The van der Waals surface area contributed by atoms with Gasteiger partial charge >= 0.3 is 0 Å². The molecular weight excluding hydrogens is 283 g/mol. The van der Waals surface area contributed by atoms with Gasteiger partial charge in [0.2, 0.25) is 0 Å². The molecule has 1 rings (SSSR count). The molecule has 0 heterocycles. The first-order chi connectivity index (χ1) is 6.50. The summed E-state index contributed by atoms with van der Waals surface area (Å²) >= 11 is 15.5. The summed E-state index contributed by atoms with van der Waals surface area (Å²) in [6.45, 7) is 4.33. The van der Waals surface area contributed by atoms with E-state index in [1.165, 1.54) is 0 Å². The molecule has 0 aliphatic heterocycles. The van der Waals surface area contributed by atoms with Gasteiger partial charge in [0.05, 0.1) is 0 Å². The third-order valence-electron chi connectivity index (χ3n) is 2.33. The fraction of sp³-hybridized carbons (Fsp3) is 0.455. The van der Waals surface area contributed by atoms with Crippen LogP contribution in [0.1, 0.15) is 19.4 Å². The zero-order valence-electron chi connectivity index (χ0n) is 8.23. The second-order valence-electron chi connectivity index (χ2n) is 3.59. The Labute approximate surface area is 104 Å². The fourth-order valence-corrected chi connectivity index (χ4v) is 1.79. The van der Waals surface area contributed by atoms with Crippen molar-refractivity contribution >= 4 is 39.1 Å². The van der Waals surface area contributed by atoms with Gasteiger partial charge in [0, 0.05) is 14.9 Å². The van der Waals surface area contributed by atoms with Crippen LogP contribution in [-0.2, 0) is 6.42 Å². The maximum absolute atomic E-state index is 6.07. The summed E-state index contributed by atoms with van der Waals surface area (Å²) in [6, 6.07) is 5.61. The Hall–Kier alpha value is 0.280. The van der Waals surface area contributed by atoms with Crippen molar-refractivity contribution in [2.75, 3.05) is 0 Å². The first kappa shape index (κ1) is 12.4. The molecular formula is C11H13BrCl2. The van der Waals surface area contributed by atoms with E-state index in [2.05, 4.69) is 29.8 Å². The number of halogens is 3. The second kappa shape index (κ2) is 5.39. The van der Waals surface area contributed by atoms with E-state index < -0.39 is 0 Å². The quantitative estimate of drug-likeness (QED) is 0.692. The van der Waals surface area contributed by atoms with Crippen LogP contribution in [0.3, 0.4) is 0 Å². The highest BCUT2D eigenvalue weighted by Gasteiger charge is 2.11. The van der Waals surface area contributed by atoms with Gasteiger partial charge in [0.15, 0.2) is 0 Å². The van der Waals surface area contributed by atoms with E-state index >= 15 is 0 Å². The van der Waals surface area contributed by atoms with Crippen LogP contribution in [0, 0.1) is 5.92 Å². The average molecular weight is 296 g/mol. The van der Waals surface area contributed by atoms with Crippen LogP contribution in [-0.4, -0.2) is 4.83 Å². The van der Waals surface area contributed by atoms with E-state index in [9.17, 15) is 0 Å². The van der Waals surface area contributed by atoms with Gasteiger partial charge in [-0.05, 0) is 36.1 Å². The summed E-state index contributed by atoms with van der Waals surface area (Å²) in [5, 5.41) is 1.55. The molecule has 0 radical (unpaired) electrons. The van der Waals surface area contributed by atoms with E-state index in [0.29, 0.717) is 10.7 Å². The van der Waals surface area contributed by atoms with Gasteiger partial charge < -0.3 is 0 Å². The summed E-state index contributed by atoms with van der Waals surface area (Å²) in [5.41, 5.74) is 1.12. The Bertz CT molecular complexity index is 310. The molecule has 0 bridgehead atoms. The van der Waals surface area contributed by atoms with E-state index in [-0.39, 0.29) is 0 Å². The molecule has 0 aromatic heterocycles. The minimum atomic E-state index is 0.484. The third kappa shape index (κ3) is 3.45. The molecule has 1 aromatic carbocycles. The highest BCUT2D eigenvalue weighted by atomic mass is 79.9. The van der Waals surface area contributed by atoms with Gasteiger partial charge in [0.25, 0.3) is 0 Å². The van der Waals surface area contributed by atoms with E-state index in [1.54, 1.807) is 0 Å². The Balaban J connectivity index is 2.80. The Morgan fingerprint density at radius 3 is 2.50 bits per heavy atom. The number of benzene rings is 1. The maximum atomic E-state index is 6.07. The van der Waals surface area contributed by atoms with Gasteiger partial charge in [-0.15, -0.1) is 0 Å². The molecule has 2 unspecified atom stereocenters. The average Bonchev–Trinajstić information content (AvgIpc) is 2.11. The van der Waals surface area contributed by atoms with Gasteiger partial charge in [-0.2, -0.15) is 0 Å². The first-order valence-corrected chi connectivity index (χ1v) is 6.26. The Morgan fingerprint density at radius 2 is 1.93 bits per heavy atom. The molecule has 0 nitrogen and oxygen atoms in total. The largest absolute Gasteiger partial charge is 0.0891 e. The van der Waals surface area contributed by atoms with Crippen molar-refractivity contribution in [2.45, 2.75) is 25.1 Å². The minimum Gasteiger partial charge on any atom is -0.0891 e. The maximum Gasteiger partial charge on any atom is 0.0439 e. The van der Waals surface area contributed by atoms with Crippen LogP contribution in [0.15, 0.2) is 18.2 Å². The Kier molecular flexibility index (Phi) is 4.75. The summed E-state index contributed by atoms with van der Waals surface area (Å²) in [6.07, 6.45) is 0.950. The molecule has 1 aromatic rings. The molecule has 0 spiro atoms. The predicted molar refractivity (Wildman–Crippen MR) is 67.7 cm³/mol. The zero-order valence-corrected chi connectivity index (χ0v) is 11.3. The topological polar surface area (TPSA) is 0 Å². The van der Waals surface area contributed by atoms with Gasteiger partial charge in [-0.3, -0.25) is 0 Å². The molecule has 0 saturated carbocycles. The van der Waals surface area contributed by atoms with E-state index in [1.807, 2.05) is 18.2 Å². The highest BCUT2D eigenvalue weighted by molar-refractivity contribution is 9.09. The molecule has 0 aliphatic rings. The SMILES string of the molecule is CC(Br)C(C)Cc1cc(Cl)ccc1Cl. The van der Waals surface area contributed by atoms with Crippen molar-refractivity contribution in [3.05, 3.63) is 33.8 Å². The van der Waals surface area contributed by atoms with Crippen molar-refractivity contribution in [1.29, 1.82) is 0 Å². The van der Waals surface area contributed by atoms with Crippen molar-refractivity contribution < 1.29 is 0 Å². The van der Waals surface area contributed by atoms with Crippen molar-refractivity contribution in [3.8, 4) is 0 Å². The number of hydrogen-bond donors (Lipinski definition) is 0. The number of rotatable bonds is 3. The molecule has 2 atom stereocenters. The highest BCUT2D eigenvalue weighted by Crippen LogP contribution is 2.25. The molecule has 3 heteroatoms. The first-order valence-electron chi connectivity index (χ1n) is 4.58. The Morgan fingerprint density at radius 1 is 1.29 bits per heavy atom. The lowest BCUT2D eigenvalue weighted by Crippen LogP contribution is -2.09. The molecule has 0 amide bonds. The van der Waals surface area contributed by atoms with Crippen LogP contribution in [0.5, 0.6) is 0 Å². The lowest BCUT2D eigenvalue weighted by atomic mass is 9.99. The van der Waals surface area contributed by atoms with Crippen molar-refractivity contribution in [2.24, 2.45) is 5.92 Å². The fourth-order valence-electron chi connectivity index (χ4n) is 1.21. The smallest absolute Gasteiger partial charge is 0.0439 e. The number of alkyl halides is 1. The van der Waals surface area contributed by atoms with Gasteiger partial charge in [0.1, 0.15) is 0 Å². The summed E-state index contributed by atoms with van der Waals surface area (Å²) < 4.78 is 0. The van der Waals surface area contributed by atoms with E-state index in [0.717, 1.165) is 22.0 Å². The van der Waals surface area contributed by atoms with E-state index in [4.69, 9.17) is 23.2 Å². The molecule has 0 N–H and O–H groups in total. The molecule has 0 saturated heterocycles. The molecule has 78 valence electrons. The van der Waals surface area contributed by atoms with Gasteiger partial charge in [-0.1, -0.05) is 53.0 Å². The third-order valence-corrected chi connectivity index (χ3v) is 3.84. The summed E-state index contributed by atoms with van der Waals surface area (Å²) in [7, 11) is 0. The van der Waals surface area contributed by atoms with Crippen LogP contribution < -0.4 is 0 Å². The van der Waals surface area contributed by atoms with Crippen LogP contribution in [0.2, 0.25) is 10.0 Å². The van der Waals surface area contributed by atoms with Crippen molar-refractivity contribution in [3.63, 3.8) is 0 Å². The monoisotopic (exact) mass is 294 g/mol. The second-order valence-corrected chi connectivity index (χ2v) is 5.88. The molecule has 14 heavy (non-hydrogen) atoms. The molecule has 0 fully saturated rings. The lowest BCUT2D eigenvalue weighted by molar-refractivity contribution is 0.581. The molecule has 0 aliphatic carbocycles. The van der Waals surface area contributed by atoms with Gasteiger partial charge in [-0.25, -0.2) is 0 Å². The minimum absolute atomic E-state index is 0.484. The standard InChI is InChI=1S/C11H13BrCl2/c1-7(8(2)12)5-9-6-10(13)3-4-11(9)14/h3-4,6-8H,5H2,1-2H3. The summed E-state index contributed by atoms with van der Waals surface area (Å²) in [5.74, 6) is 0.547. The normalized spacial score (nSPS) is 15.2. The lowest BCUT2D eigenvalue weighted by Gasteiger charge is -2.15. The zero-order chi connectivity index (χ0) is 10.7. The van der Waals surface area contributed by atoms with Crippen LogP contribution in [0.4, 0.5) is 0 Å². The summed E-state index contributed by atoms with van der Waals surface area (Å²) in [4.78, 5) is 0.484. The predicted octanol–water partition coefficient (Wildman–Crippen LogP) is 4.96. The van der Waals surface area contributed by atoms with Crippen LogP contribution >= 0.6 is 39.1 Å². The van der Waals surface area contributed by atoms with Crippen molar-refractivity contribution in [1.82, 2.24) is 0 Å². The van der Waals surface area contributed by atoms with Crippen LogP contribution in [0.25, 0.3) is 0 Å².